The Hall–Kier alpha value is -3.87. The SMILES string of the molecule is CCOC(=O)C[C@@H](c1c(O)c2ccccc2[nH]c1=O)c1cc2ccccc2n(C)c1=O. The van der Waals surface area contributed by atoms with Crippen molar-refractivity contribution in [2.24, 2.45) is 7.05 Å². The number of carbonyl (C=O) groups excluding carboxylic acids is 1. The Morgan fingerprint density at radius 3 is 2.61 bits per heavy atom. The van der Waals surface area contributed by atoms with E-state index in [9.17, 15) is 19.5 Å². The van der Waals surface area contributed by atoms with Crippen LogP contribution in [0, 0.1) is 0 Å². The monoisotopic (exact) mass is 418 g/mol. The zero-order chi connectivity index (χ0) is 22.1. The number of para-hydroxylation sites is 2. The molecule has 0 aliphatic carbocycles. The summed E-state index contributed by atoms with van der Waals surface area (Å²) in [5.74, 6) is -1.78. The average Bonchev–Trinajstić information content (AvgIpc) is 2.76. The van der Waals surface area contributed by atoms with Gasteiger partial charge >= 0.3 is 5.97 Å². The molecular formula is C24H22N2O5. The molecule has 0 saturated heterocycles. The highest BCUT2D eigenvalue weighted by Crippen LogP contribution is 2.35. The topological polar surface area (TPSA) is 101 Å². The van der Waals surface area contributed by atoms with E-state index in [0.29, 0.717) is 10.9 Å². The Morgan fingerprint density at radius 1 is 1.13 bits per heavy atom. The lowest BCUT2D eigenvalue weighted by Gasteiger charge is -2.19. The number of H-pyrrole nitrogens is 1. The van der Waals surface area contributed by atoms with Crippen LogP contribution < -0.4 is 11.1 Å². The molecule has 4 rings (SSSR count). The number of hydrogen-bond donors (Lipinski definition) is 2. The second kappa shape index (κ2) is 8.10. The maximum Gasteiger partial charge on any atom is 0.306 e. The van der Waals surface area contributed by atoms with E-state index in [1.807, 2.05) is 24.3 Å². The van der Waals surface area contributed by atoms with E-state index in [4.69, 9.17) is 4.74 Å². The molecule has 0 aliphatic rings. The standard InChI is InChI=1S/C24H22N2O5/c1-3-31-20(27)13-16(17-12-14-8-4-7-11-19(14)26(2)24(17)30)21-22(28)15-9-5-6-10-18(15)25-23(21)29/h4-12,16H,3,13H2,1-2H3,(H2,25,28,29)/t16-/m1/s1. The molecule has 0 saturated carbocycles. The van der Waals surface area contributed by atoms with E-state index in [2.05, 4.69) is 4.98 Å². The van der Waals surface area contributed by atoms with Crippen LogP contribution in [0.3, 0.4) is 0 Å². The van der Waals surface area contributed by atoms with E-state index in [1.165, 1.54) is 4.57 Å². The molecule has 2 aromatic heterocycles. The Morgan fingerprint density at radius 2 is 1.84 bits per heavy atom. The Bertz CT molecular complexity index is 1420. The fraction of sp³-hybridized carbons (Fsp3) is 0.208. The molecule has 0 fully saturated rings. The lowest BCUT2D eigenvalue weighted by molar-refractivity contribution is -0.143. The van der Waals surface area contributed by atoms with Crippen molar-refractivity contribution in [3.8, 4) is 5.75 Å². The van der Waals surface area contributed by atoms with Crippen LogP contribution in [0.15, 0.2) is 64.2 Å². The Labute approximate surface area is 177 Å². The molecular weight excluding hydrogens is 396 g/mol. The van der Waals surface area contributed by atoms with E-state index >= 15 is 0 Å². The van der Waals surface area contributed by atoms with Crippen LogP contribution in [0.5, 0.6) is 5.75 Å². The number of nitrogens with one attached hydrogen (secondary N) is 1. The number of benzene rings is 2. The summed E-state index contributed by atoms with van der Waals surface area (Å²) in [5, 5.41) is 12.2. The first-order valence-electron chi connectivity index (χ1n) is 10.0. The van der Waals surface area contributed by atoms with Crippen molar-refractivity contribution in [3.63, 3.8) is 0 Å². The molecule has 0 unspecified atom stereocenters. The van der Waals surface area contributed by atoms with Crippen molar-refractivity contribution < 1.29 is 14.6 Å². The summed E-state index contributed by atoms with van der Waals surface area (Å²) in [4.78, 5) is 41.4. The number of ether oxygens (including phenoxy) is 1. The first kappa shape index (κ1) is 20.4. The lowest BCUT2D eigenvalue weighted by Crippen LogP contribution is -2.28. The predicted octanol–water partition coefficient (Wildman–Crippen LogP) is 3.17. The molecule has 0 amide bonds. The van der Waals surface area contributed by atoms with Crippen LogP contribution in [0.1, 0.15) is 30.4 Å². The highest BCUT2D eigenvalue weighted by atomic mass is 16.5. The van der Waals surface area contributed by atoms with Crippen LogP contribution in [-0.4, -0.2) is 27.2 Å². The maximum atomic E-state index is 13.2. The zero-order valence-electron chi connectivity index (χ0n) is 17.2. The van der Waals surface area contributed by atoms with Gasteiger partial charge in [-0.3, -0.25) is 14.4 Å². The van der Waals surface area contributed by atoms with Gasteiger partial charge in [-0.15, -0.1) is 0 Å². The molecule has 4 aromatic rings. The lowest BCUT2D eigenvalue weighted by atomic mass is 9.87. The third-order valence-electron chi connectivity index (χ3n) is 5.49. The summed E-state index contributed by atoms with van der Waals surface area (Å²) in [6, 6.07) is 15.8. The van der Waals surface area contributed by atoms with Crippen molar-refractivity contribution in [2.75, 3.05) is 6.61 Å². The third kappa shape index (κ3) is 3.59. The number of rotatable bonds is 5. The third-order valence-corrected chi connectivity index (χ3v) is 5.49. The van der Waals surface area contributed by atoms with Gasteiger partial charge in [-0.1, -0.05) is 30.3 Å². The first-order chi connectivity index (χ1) is 14.9. The molecule has 0 radical (unpaired) electrons. The van der Waals surface area contributed by atoms with Gasteiger partial charge < -0.3 is 19.4 Å². The van der Waals surface area contributed by atoms with Crippen LogP contribution in [0.4, 0.5) is 0 Å². The van der Waals surface area contributed by atoms with Crippen LogP contribution in [0.2, 0.25) is 0 Å². The van der Waals surface area contributed by atoms with Gasteiger partial charge in [-0.2, -0.15) is 0 Å². The summed E-state index contributed by atoms with van der Waals surface area (Å²) >= 11 is 0. The molecule has 7 heteroatoms. The van der Waals surface area contributed by atoms with Gasteiger partial charge in [0.15, 0.2) is 0 Å². The predicted molar refractivity (Wildman–Crippen MR) is 119 cm³/mol. The van der Waals surface area contributed by atoms with Crippen molar-refractivity contribution in [2.45, 2.75) is 19.3 Å². The highest BCUT2D eigenvalue weighted by molar-refractivity contribution is 5.87. The molecule has 0 bridgehead atoms. The highest BCUT2D eigenvalue weighted by Gasteiger charge is 2.29. The van der Waals surface area contributed by atoms with Crippen molar-refractivity contribution in [1.82, 2.24) is 9.55 Å². The normalized spacial score (nSPS) is 12.2. The fourth-order valence-corrected chi connectivity index (χ4v) is 4.02. The van der Waals surface area contributed by atoms with Crippen molar-refractivity contribution >= 4 is 27.8 Å². The number of hydrogen-bond acceptors (Lipinski definition) is 5. The Kier molecular flexibility index (Phi) is 5.33. The number of nitrogens with zero attached hydrogens (tertiary/aromatic N) is 1. The number of fused-ring (bicyclic) bond motifs is 2. The summed E-state index contributed by atoms with van der Waals surface area (Å²) in [5.41, 5.74) is 0.503. The number of pyridine rings is 2. The van der Waals surface area contributed by atoms with Gasteiger partial charge in [-0.25, -0.2) is 0 Å². The quantitative estimate of drug-likeness (QED) is 0.485. The molecule has 31 heavy (non-hydrogen) atoms. The average molecular weight is 418 g/mol. The molecule has 7 nitrogen and oxygen atoms in total. The number of aryl methyl sites for hydroxylation is 1. The summed E-state index contributed by atoms with van der Waals surface area (Å²) in [6.45, 7) is 1.85. The molecule has 1 atom stereocenters. The van der Waals surface area contributed by atoms with Gasteiger partial charge in [0.2, 0.25) is 0 Å². The number of aromatic nitrogens is 2. The Balaban J connectivity index is 2.02. The molecule has 2 N–H and O–H groups in total. The minimum atomic E-state index is -0.976. The number of aromatic amines is 1. The largest absolute Gasteiger partial charge is 0.507 e. The van der Waals surface area contributed by atoms with Gasteiger partial charge in [0.05, 0.1) is 29.6 Å². The molecule has 158 valence electrons. The van der Waals surface area contributed by atoms with Crippen LogP contribution in [0.25, 0.3) is 21.8 Å². The second-order valence-corrected chi connectivity index (χ2v) is 7.35. The zero-order valence-corrected chi connectivity index (χ0v) is 17.2. The number of esters is 1. The smallest absolute Gasteiger partial charge is 0.306 e. The van der Waals surface area contributed by atoms with Crippen molar-refractivity contribution in [1.29, 1.82) is 0 Å². The first-order valence-corrected chi connectivity index (χ1v) is 10.0. The maximum absolute atomic E-state index is 13.2. The van der Waals surface area contributed by atoms with Gasteiger partial charge in [0, 0.05) is 23.9 Å². The van der Waals surface area contributed by atoms with Crippen LogP contribution >= 0.6 is 0 Å². The molecule has 2 heterocycles. The summed E-state index contributed by atoms with van der Waals surface area (Å²) in [6.07, 6.45) is -0.254. The van der Waals surface area contributed by atoms with Crippen molar-refractivity contribution in [3.05, 3.63) is 86.4 Å². The van der Waals surface area contributed by atoms with E-state index in [-0.39, 0.29) is 35.5 Å². The number of aromatic hydroxyl groups is 1. The van der Waals surface area contributed by atoms with Gasteiger partial charge in [0.1, 0.15) is 5.75 Å². The van der Waals surface area contributed by atoms with Gasteiger partial charge in [-0.05, 0) is 36.6 Å². The van der Waals surface area contributed by atoms with E-state index in [1.54, 1.807) is 44.3 Å². The molecule has 0 spiro atoms. The summed E-state index contributed by atoms with van der Waals surface area (Å²) in [7, 11) is 1.64. The minimum Gasteiger partial charge on any atom is -0.507 e. The van der Waals surface area contributed by atoms with E-state index in [0.717, 1.165) is 10.9 Å². The summed E-state index contributed by atoms with van der Waals surface area (Å²) < 4.78 is 6.58. The van der Waals surface area contributed by atoms with Gasteiger partial charge in [0.25, 0.3) is 11.1 Å². The van der Waals surface area contributed by atoms with Crippen LogP contribution in [-0.2, 0) is 16.6 Å². The number of carbonyl (C=O) groups is 1. The minimum absolute atomic E-state index is 0.0286. The second-order valence-electron chi connectivity index (χ2n) is 7.35. The van der Waals surface area contributed by atoms with E-state index < -0.39 is 17.4 Å². The molecule has 0 aliphatic heterocycles. The molecule has 2 aromatic carbocycles. The fourth-order valence-electron chi connectivity index (χ4n) is 4.02.